The Morgan fingerprint density at radius 1 is 0.382 bits per heavy atom. The van der Waals surface area contributed by atoms with Crippen LogP contribution in [0.1, 0.15) is 79.8 Å². The molecule has 0 bridgehead atoms. The Hall–Kier alpha value is -7.00. The van der Waals surface area contributed by atoms with Crippen LogP contribution in [0.5, 0.6) is 0 Å². The minimum atomic E-state index is -3.85. The van der Waals surface area contributed by atoms with Crippen LogP contribution in [0.2, 0.25) is 0 Å². The normalized spacial score (nSPS) is 11.3. The summed E-state index contributed by atoms with van der Waals surface area (Å²) in [6.07, 6.45) is 2.39. The zero-order valence-electron chi connectivity index (χ0n) is 39.1. The molecule has 0 spiro atoms. The minimum absolute atomic E-state index is 0.208. The first-order chi connectivity index (χ1) is 32.5. The van der Waals surface area contributed by atoms with Crippen LogP contribution in [0.15, 0.2) is 133 Å². The van der Waals surface area contributed by atoms with Crippen molar-refractivity contribution in [3.05, 3.63) is 178 Å². The van der Waals surface area contributed by atoms with E-state index in [1.165, 1.54) is 0 Å². The second-order valence-electron chi connectivity index (χ2n) is 16.8. The van der Waals surface area contributed by atoms with Gasteiger partial charge in [-0.3, -0.25) is 28.8 Å². The van der Waals surface area contributed by atoms with Crippen molar-refractivity contribution in [1.29, 1.82) is 0 Å². The van der Waals surface area contributed by atoms with Gasteiger partial charge in [-0.2, -0.15) is 0 Å². The van der Waals surface area contributed by atoms with Crippen LogP contribution in [0.25, 0.3) is 0 Å². The van der Waals surface area contributed by atoms with Crippen LogP contribution in [-0.2, 0) is 28.3 Å². The van der Waals surface area contributed by atoms with Gasteiger partial charge in [0.2, 0.25) is 25.3 Å². The average molecular weight is 951 g/mol. The van der Waals surface area contributed by atoms with Crippen molar-refractivity contribution < 1.29 is 37.9 Å². The fraction of sp³-hybridized carbons (Fsp3) is 0.222. The van der Waals surface area contributed by atoms with E-state index >= 15 is 0 Å². The molecule has 0 heterocycles. The lowest BCUT2D eigenvalue weighted by molar-refractivity contribution is -0.136. The number of carbonyl (C=O) groups is 6. The molecule has 0 atom stereocenters. The van der Waals surface area contributed by atoms with Gasteiger partial charge in [0.1, 0.15) is 0 Å². The smallest absolute Gasteiger partial charge is 0.313 e. The molecule has 0 unspecified atom stereocenters. The van der Waals surface area contributed by atoms with Crippen molar-refractivity contribution in [2.24, 2.45) is 0 Å². The topological polar surface area (TPSA) is 185 Å². The van der Waals surface area contributed by atoms with E-state index in [1.54, 1.807) is 175 Å². The van der Waals surface area contributed by atoms with Gasteiger partial charge in [0.15, 0.2) is 0 Å². The summed E-state index contributed by atoms with van der Waals surface area (Å²) in [5, 5.41) is 12.2. The maximum atomic E-state index is 14.9. The Morgan fingerprint density at radius 3 is 0.941 bits per heavy atom. The van der Waals surface area contributed by atoms with E-state index in [0.717, 1.165) is 0 Å². The van der Waals surface area contributed by atoms with Crippen LogP contribution < -0.4 is 42.5 Å². The quantitative estimate of drug-likeness (QED) is 0.0401. The zero-order chi connectivity index (χ0) is 49.2. The van der Waals surface area contributed by atoms with Gasteiger partial charge in [-0.25, -0.2) is 0 Å². The van der Waals surface area contributed by atoms with E-state index in [1.807, 2.05) is 0 Å². The second-order valence-corrected chi connectivity index (χ2v) is 22.1. The number of nitrogens with one attached hydrogen (secondary N) is 4. The molecule has 0 saturated heterocycles. The lowest BCUT2D eigenvalue weighted by Crippen LogP contribution is -2.36. The van der Waals surface area contributed by atoms with Gasteiger partial charge < -0.3 is 30.4 Å². The molecule has 12 nitrogen and oxygen atoms in total. The highest BCUT2D eigenvalue weighted by atomic mass is 31.2. The predicted octanol–water partition coefficient (Wildman–Crippen LogP) is 8.22. The number of benzene rings is 6. The summed E-state index contributed by atoms with van der Waals surface area (Å²) in [7, 11) is -7.69. The van der Waals surface area contributed by atoms with Gasteiger partial charge in [0, 0.05) is 56.8 Å². The highest BCUT2D eigenvalue weighted by molar-refractivity contribution is 7.94. The first kappa shape index (κ1) is 50.4. The van der Waals surface area contributed by atoms with Gasteiger partial charge in [-0.1, -0.05) is 146 Å². The number of amides is 4. The van der Waals surface area contributed by atoms with Crippen LogP contribution >= 0.6 is 14.3 Å². The summed E-state index contributed by atoms with van der Waals surface area (Å²) in [4.78, 5) is 81.0. The standard InChI is InChI=1S/C54H56N4O8P2/c1-35-33-37(3)47(39(5)45(35)53(63)67(65,41-23-13-9-14-24-41)42-25-15-10-16-26-42)57-51(61)49(59)55-31-21-7-8-22-32-56-50(60)52(62)58-48-38(4)34-36(2)46(40(48)6)54(64)68(66,43-27-17-11-18-28-43)44-29-19-12-20-30-44/h9-20,23-30,33-34H,7-8,21-22,31-32H2,1-6H3,(H,55,59)(H,56,60)(H,57,61)(H,58,62). The Bertz CT molecular complexity index is 2690. The molecule has 6 aromatic carbocycles. The SMILES string of the molecule is Cc1cc(C)c(C(=O)P(=O)(c2ccccc2)c2ccccc2)c(C)c1NC(=O)C(=O)NCCCCCCNC(=O)C(=O)Nc1c(C)cc(C)c(C(=O)P(=O)(c2ccccc2)c2ccccc2)c1C. The fourth-order valence-electron chi connectivity index (χ4n) is 8.56. The molecule has 4 N–H and O–H groups in total. The third kappa shape index (κ3) is 10.7. The van der Waals surface area contributed by atoms with E-state index in [4.69, 9.17) is 0 Å². The van der Waals surface area contributed by atoms with Crippen molar-refractivity contribution >= 4 is 81.6 Å². The lowest BCUT2D eigenvalue weighted by atomic mass is 9.98. The largest absolute Gasteiger partial charge is 0.348 e. The molecule has 14 heteroatoms. The number of hydrogen-bond donors (Lipinski definition) is 4. The van der Waals surface area contributed by atoms with E-state index in [0.29, 0.717) is 91.7 Å². The maximum absolute atomic E-state index is 14.9. The van der Waals surface area contributed by atoms with Crippen LogP contribution in [0.3, 0.4) is 0 Å². The summed E-state index contributed by atoms with van der Waals surface area (Å²) >= 11 is 0. The number of anilines is 2. The highest BCUT2D eigenvalue weighted by Crippen LogP contribution is 2.50. The van der Waals surface area contributed by atoms with Gasteiger partial charge >= 0.3 is 23.6 Å². The van der Waals surface area contributed by atoms with Gasteiger partial charge in [-0.05, 0) is 87.8 Å². The van der Waals surface area contributed by atoms with Gasteiger partial charge in [-0.15, -0.1) is 0 Å². The molecule has 0 aromatic heterocycles. The molecule has 6 rings (SSSR count). The van der Waals surface area contributed by atoms with Crippen LogP contribution in [-0.4, -0.2) is 47.8 Å². The average Bonchev–Trinajstić information content (AvgIpc) is 3.34. The molecule has 0 saturated carbocycles. The van der Waals surface area contributed by atoms with E-state index < -0.39 is 49.0 Å². The second kappa shape index (κ2) is 22.2. The molecule has 0 aliphatic rings. The molecular weight excluding hydrogens is 895 g/mol. The number of aryl methyl sites for hydroxylation is 4. The Balaban J connectivity index is 0.990. The van der Waals surface area contributed by atoms with Crippen molar-refractivity contribution in [2.45, 2.75) is 67.2 Å². The van der Waals surface area contributed by atoms with Crippen LogP contribution in [0, 0.1) is 41.5 Å². The van der Waals surface area contributed by atoms with Gasteiger partial charge in [0.05, 0.1) is 0 Å². The van der Waals surface area contributed by atoms with Crippen molar-refractivity contribution in [1.82, 2.24) is 10.6 Å². The highest BCUT2D eigenvalue weighted by Gasteiger charge is 2.40. The third-order valence-corrected chi connectivity index (χ3v) is 17.7. The predicted molar refractivity (Wildman–Crippen MR) is 271 cm³/mol. The zero-order valence-corrected chi connectivity index (χ0v) is 40.9. The van der Waals surface area contributed by atoms with Crippen molar-refractivity contribution in [2.75, 3.05) is 23.7 Å². The molecule has 350 valence electrons. The Labute approximate surface area is 397 Å². The molecule has 0 fully saturated rings. The molecule has 0 aliphatic carbocycles. The number of rotatable bonds is 17. The molecular formula is C54H56N4O8P2. The van der Waals surface area contributed by atoms with Crippen molar-refractivity contribution in [3.63, 3.8) is 0 Å². The molecule has 68 heavy (non-hydrogen) atoms. The monoisotopic (exact) mass is 950 g/mol. The summed E-state index contributed by atoms with van der Waals surface area (Å²) < 4.78 is 29.8. The molecule has 0 radical (unpaired) electrons. The number of hydrogen-bond acceptors (Lipinski definition) is 8. The van der Waals surface area contributed by atoms with E-state index in [2.05, 4.69) is 21.3 Å². The lowest BCUT2D eigenvalue weighted by Gasteiger charge is -2.22. The Kier molecular flexibility index (Phi) is 16.5. The summed E-state index contributed by atoms with van der Waals surface area (Å²) in [6.45, 7) is 10.8. The number of unbranched alkanes of at least 4 members (excludes halogenated alkanes) is 3. The van der Waals surface area contributed by atoms with E-state index in [9.17, 15) is 37.9 Å². The molecule has 6 aromatic rings. The third-order valence-electron chi connectivity index (χ3n) is 12.0. The first-order valence-corrected chi connectivity index (χ1v) is 25.8. The van der Waals surface area contributed by atoms with Crippen molar-refractivity contribution in [3.8, 4) is 0 Å². The molecule has 4 amide bonds. The Morgan fingerprint density at radius 2 is 0.662 bits per heavy atom. The summed E-state index contributed by atoms with van der Waals surface area (Å²) in [5.41, 5.74) is 3.15. The summed E-state index contributed by atoms with van der Waals surface area (Å²) in [6, 6.07) is 37.9. The van der Waals surface area contributed by atoms with Crippen LogP contribution in [0.4, 0.5) is 11.4 Å². The first-order valence-electron chi connectivity index (χ1n) is 22.4. The summed E-state index contributed by atoms with van der Waals surface area (Å²) in [5.74, 6) is -3.53. The minimum Gasteiger partial charge on any atom is -0.348 e. The number of carbonyl (C=O) groups excluding carboxylic acids is 6. The van der Waals surface area contributed by atoms with E-state index in [-0.39, 0.29) is 24.2 Å². The van der Waals surface area contributed by atoms with Gasteiger partial charge in [0.25, 0.3) is 0 Å². The maximum Gasteiger partial charge on any atom is 0.313 e. The molecule has 0 aliphatic heterocycles. The fourth-order valence-corrected chi connectivity index (χ4v) is 13.8.